The first-order valence-corrected chi connectivity index (χ1v) is 11.0. The number of carboxylic acids is 1. The number of hydrogen-bond donors (Lipinski definition) is 1. The molecule has 2 bridgehead atoms. The van der Waals surface area contributed by atoms with E-state index in [1.165, 1.54) is 21.3 Å². The maximum absolute atomic E-state index is 12.9. The summed E-state index contributed by atoms with van der Waals surface area (Å²) in [6.07, 6.45) is 2.31. The second-order valence-electron chi connectivity index (χ2n) is 6.63. The van der Waals surface area contributed by atoms with Crippen LogP contribution in [0.5, 0.6) is 0 Å². The maximum Gasteiger partial charge on any atom is 0.310 e. The number of hydrogen-bond acceptors (Lipinski definition) is 6. The van der Waals surface area contributed by atoms with Gasteiger partial charge in [-0.15, -0.1) is 11.3 Å². The number of nitrogens with zero attached hydrogens (tertiary/aromatic N) is 2. The number of sulfonamides is 1. The fraction of sp³-hybridized carbons (Fsp3) is 0.500. The van der Waals surface area contributed by atoms with Crippen LogP contribution in [0.3, 0.4) is 0 Å². The summed E-state index contributed by atoms with van der Waals surface area (Å²) in [7, 11) is -3.64. The van der Waals surface area contributed by atoms with Crippen LogP contribution in [-0.4, -0.2) is 73.0 Å². The van der Waals surface area contributed by atoms with Crippen LogP contribution in [0.2, 0.25) is 4.34 Å². The molecule has 0 saturated carbocycles. The highest BCUT2D eigenvalue weighted by Gasteiger charge is 2.54. The minimum Gasteiger partial charge on any atom is -0.481 e. The van der Waals surface area contributed by atoms with Crippen molar-refractivity contribution in [1.29, 1.82) is 0 Å². The summed E-state index contributed by atoms with van der Waals surface area (Å²) < 4.78 is 32.7. The van der Waals surface area contributed by atoms with E-state index in [1.54, 1.807) is 12.2 Å². The largest absolute Gasteiger partial charge is 0.481 e. The minimum absolute atomic E-state index is 0.152. The van der Waals surface area contributed by atoms with Crippen molar-refractivity contribution in [1.82, 2.24) is 9.21 Å². The molecule has 0 radical (unpaired) electrons. The van der Waals surface area contributed by atoms with E-state index in [0.29, 0.717) is 4.34 Å². The fourth-order valence-corrected chi connectivity index (χ4v) is 6.88. The zero-order valence-corrected chi connectivity index (χ0v) is 16.4. The molecule has 0 aliphatic carbocycles. The molecule has 4 rings (SSSR count). The molecule has 27 heavy (non-hydrogen) atoms. The van der Waals surface area contributed by atoms with Crippen molar-refractivity contribution < 1.29 is 27.9 Å². The second kappa shape index (κ2) is 6.85. The van der Waals surface area contributed by atoms with Crippen LogP contribution in [0, 0.1) is 11.8 Å². The third-order valence-electron chi connectivity index (χ3n) is 5.16. The van der Waals surface area contributed by atoms with Crippen molar-refractivity contribution in [3.8, 4) is 0 Å². The van der Waals surface area contributed by atoms with Crippen molar-refractivity contribution in [2.45, 2.75) is 16.4 Å². The molecule has 1 N–H and O–H groups in total. The van der Waals surface area contributed by atoms with Gasteiger partial charge in [0.25, 0.3) is 10.0 Å². The highest BCUT2D eigenvalue weighted by Crippen LogP contribution is 2.40. The van der Waals surface area contributed by atoms with Gasteiger partial charge in [-0.05, 0) is 12.1 Å². The lowest BCUT2D eigenvalue weighted by atomic mass is 9.82. The average molecular weight is 433 g/mol. The quantitative estimate of drug-likeness (QED) is 0.708. The van der Waals surface area contributed by atoms with Crippen molar-refractivity contribution >= 4 is 44.8 Å². The Morgan fingerprint density at radius 2 is 1.74 bits per heavy atom. The van der Waals surface area contributed by atoms with Crippen LogP contribution in [-0.2, 0) is 24.3 Å². The van der Waals surface area contributed by atoms with E-state index in [9.17, 15) is 23.1 Å². The number of piperazine rings is 1. The predicted octanol–water partition coefficient (Wildman–Crippen LogP) is 0.889. The van der Waals surface area contributed by atoms with Gasteiger partial charge in [0.1, 0.15) is 10.1 Å². The number of amides is 1. The highest BCUT2D eigenvalue weighted by molar-refractivity contribution is 7.91. The van der Waals surface area contributed by atoms with E-state index in [-0.39, 0.29) is 36.3 Å². The van der Waals surface area contributed by atoms with E-state index >= 15 is 0 Å². The van der Waals surface area contributed by atoms with Gasteiger partial charge in [-0.2, -0.15) is 4.31 Å². The first-order chi connectivity index (χ1) is 12.8. The van der Waals surface area contributed by atoms with Gasteiger partial charge in [0.2, 0.25) is 5.91 Å². The number of fused-ring (bicyclic) bond motifs is 2. The molecule has 1 aromatic rings. The predicted molar refractivity (Wildman–Crippen MR) is 97.1 cm³/mol. The molecule has 3 aliphatic heterocycles. The third-order valence-corrected chi connectivity index (χ3v) is 8.76. The highest BCUT2D eigenvalue weighted by atomic mass is 35.5. The van der Waals surface area contributed by atoms with E-state index < -0.39 is 40.0 Å². The van der Waals surface area contributed by atoms with Gasteiger partial charge in [0, 0.05) is 26.2 Å². The molecule has 2 saturated heterocycles. The summed E-state index contributed by atoms with van der Waals surface area (Å²) in [5.41, 5.74) is 0. The van der Waals surface area contributed by atoms with Gasteiger partial charge in [-0.3, -0.25) is 9.59 Å². The van der Waals surface area contributed by atoms with Crippen molar-refractivity contribution in [2.75, 3.05) is 26.2 Å². The first kappa shape index (κ1) is 18.9. The van der Waals surface area contributed by atoms with E-state index in [4.69, 9.17) is 16.3 Å². The Kier molecular flexibility index (Phi) is 4.79. The van der Waals surface area contributed by atoms with Gasteiger partial charge in [-0.1, -0.05) is 23.8 Å². The van der Waals surface area contributed by atoms with Gasteiger partial charge >= 0.3 is 5.97 Å². The molecule has 4 atom stereocenters. The van der Waals surface area contributed by atoms with Crippen LogP contribution in [0.15, 0.2) is 28.5 Å². The molecule has 146 valence electrons. The Bertz CT molecular complexity index is 906. The van der Waals surface area contributed by atoms with Gasteiger partial charge < -0.3 is 14.7 Å². The smallest absolute Gasteiger partial charge is 0.310 e. The van der Waals surface area contributed by atoms with E-state index in [2.05, 4.69) is 0 Å². The monoisotopic (exact) mass is 432 g/mol. The zero-order chi connectivity index (χ0) is 19.3. The van der Waals surface area contributed by atoms with Gasteiger partial charge in [0.15, 0.2) is 0 Å². The average Bonchev–Trinajstić information content (AvgIpc) is 3.36. The lowest BCUT2D eigenvalue weighted by molar-refractivity contribution is -0.150. The Morgan fingerprint density at radius 3 is 2.30 bits per heavy atom. The number of carboxylic acid groups (broad SMARTS) is 1. The number of ether oxygens (including phenoxy) is 1. The molecule has 1 amide bonds. The van der Waals surface area contributed by atoms with Crippen molar-refractivity contribution in [3.63, 3.8) is 0 Å². The number of aliphatic carboxylic acids is 1. The molecule has 0 spiro atoms. The van der Waals surface area contributed by atoms with Crippen molar-refractivity contribution in [2.24, 2.45) is 11.8 Å². The van der Waals surface area contributed by atoms with Crippen LogP contribution >= 0.6 is 22.9 Å². The SMILES string of the molecule is O=C(O)C1C2C=CC(O2)C1C(=O)N1CCN(S(=O)(=O)c2ccc(Cl)s2)CC1. The fourth-order valence-electron chi connectivity index (χ4n) is 3.82. The normalized spacial score (nSPS) is 30.8. The Balaban J connectivity index is 1.44. The minimum atomic E-state index is -3.64. The van der Waals surface area contributed by atoms with Crippen LogP contribution < -0.4 is 0 Å². The molecule has 4 unspecified atom stereocenters. The summed E-state index contributed by atoms with van der Waals surface area (Å²) in [5.74, 6) is -3.02. The van der Waals surface area contributed by atoms with Crippen LogP contribution in [0.1, 0.15) is 0 Å². The molecular formula is C16H17ClN2O6S2. The molecule has 3 aliphatic rings. The summed E-state index contributed by atoms with van der Waals surface area (Å²) >= 11 is 6.82. The lowest BCUT2D eigenvalue weighted by Gasteiger charge is -2.36. The van der Waals surface area contributed by atoms with Crippen LogP contribution in [0.25, 0.3) is 0 Å². The molecule has 11 heteroatoms. The van der Waals surface area contributed by atoms with E-state index in [0.717, 1.165) is 11.3 Å². The maximum atomic E-state index is 12.9. The number of halogens is 1. The molecular weight excluding hydrogens is 416 g/mol. The standard InChI is InChI=1S/C16H17ClN2O6S2/c17-11-3-4-12(26-11)27(23,24)19-7-5-18(6-8-19)15(20)13-9-1-2-10(25-9)14(13)16(21)22/h1-4,9-10,13-14H,5-8H2,(H,21,22). The van der Waals surface area contributed by atoms with Gasteiger partial charge in [-0.25, -0.2) is 8.42 Å². The number of carbonyl (C=O) groups is 2. The summed E-state index contributed by atoms with van der Waals surface area (Å²) in [5, 5.41) is 9.45. The Hall–Kier alpha value is -1.46. The topological polar surface area (TPSA) is 104 Å². The number of carbonyl (C=O) groups excluding carboxylic acids is 1. The number of rotatable bonds is 4. The lowest BCUT2D eigenvalue weighted by Crippen LogP contribution is -2.54. The first-order valence-electron chi connectivity index (χ1n) is 8.40. The van der Waals surface area contributed by atoms with Gasteiger partial charge in [0.05, 0.1) is 22.5 Å². The molecule has 4 heterocycles. The summed E-state index contributed by atoms with van der Waals surface area (Å²) in [6, 6.07) is 3.00. The van der Waals surface area contributed by atoms with Crippen molar-refractivity contribution in [3.05, 3.63) is 28.6 Å². The van der Waals surface area contributed by atoms with Crippen LogP contribution in [0.4, 0.5) is 0 Å². The third kappa shape index (κ3) is 3.19. The Morgan fingerprint density at radius 1 is 1.11 bits per heavy atom. The Labute approximate surface area is 165 Å². The summed E-state index contributed by atoms with van der Waals surface area (Å²) in [6.45, 7) is 0.722. The molecule has 1 aromatic heterocycles. The number of thiophene rings is 1. The van der Waals surface area contributed by atoms with E-state index in [1.807, 2.05) is 0 Å². The molecule has 2 fully saturated rings. The summed E-state index contributed by atoms with van der Waals surface area (Å²) in [4.78, 5) is 26.0. The second-order valence-corrected chi connectivity index (χ2v) is 10.5. The molecule has 0 aromatic carbocycles. The molecule has 8 nitrogen and oxygen atoms in total. The zero-order valence-electron chi connectivity index (χ0n) is 14.0.